The second-order valence-corrected chi connectivity index (χ2v) is 7.60. The molecule has 9 heteroatoms. The molecule has 2 aromatic carbocycles. The van der Waals surface area contributed by atoms with Crippen molar-refractivity contribution in [1.82, 2.24) is 25.1 Å². The number of imidazole rings is 1. The molecule has 0 spiro atoms. The van der Waals surface area contributed by atoms with E-state index < -0.39 is 23.5 Å². The average Bonchev–Trinajstić information content (AvgIpc) is 3.37. The minimum atomic E-state index is -1.26. The molecule has 1 amide bonds. The molecule has 172 valence electrons. The van der Waals surface area contributed by atoms with E-state index in [2.05, 4.69) is 20.4 Å². The molecule has 0 radical (unpaired) electrons. The fourth-order valence-corrected chi connectivity index (χ4v) is 3.73. The Morgan fingerprint density at radius 1 is 1.06 bits per heavy atom. The third kappa shape index (κ3) is 4.63. The number of rotatable bonds is 8. The van der Waals surface area contributed by atoms with Gasteiger partial charge in [0.15, 0.2) is 0 Å². The van der Waals surface area contributed by atoms with Crippen LogP contribution in [-0.2, 0) is 17.8 Å². The van der Waals surface area contributed by atoms with E-state index in [9.17, 15) is 19.5 Å². The van der Waals surface area contributed by atoms with E-state index in [1.807, 2.05) is 36.4 Å². The monoisotopic (exact) mass is 457 g/mol. The number of aryl methyl sites for hydroxylation is 1. The molecule has 3 N–H and O–H groups in total. The molecule has 0 fully saturated rings. The molecule has 1 unspecified atom stereocenters. The van der Waals surface area contributed by atoms with Gasteiger partial charge in [-0.05, 0) is 12.5 Å². The predicted molar refractivity (Wildman–Crippen MR) is 126 cm³/mol. The largest absolute Gasteiger partial charge is 0.480 e. The highest BCUT2D eigenvalue weighted by atomic mass is 16.4. The van der Waals surface area contributed by atoms with Crippen molar-refractivity contribution in [2.45, 2.75) is 25.9 Å². The van der Waals surface area contributed by atoms with Crippen molar-refractivity contribution in [3.05, 3.63) is 94.8 Å². The number of benzene rings is 2. The van der Waals surface area contributed by atoms with Gasteiger partial charge < -0.3 is 15.4 Å². The van der Waals surface area contributed by atoms with Crippen molar-refractivity contribution in [3.8, 4) is 22.4 Å². The van der Waals surface area contributed by atoms with Crippen LogP contribution >= 0.6 is 0 Å². The van der Waals surface area contributed by atoms with Crippen molar-refractivity contribution in [2.24, 2.45) is 0 Å². The summed E-state index contributed by atoms with van der Waals surface area (Å²) in [4.78, 5) is 45.5. The van der Waals surface area contributed by atoms with Crippen molar-refractivity contribution in [1.29, 1.82) is 0 Å². The van der Waals surface area contributed by atoms with Crippen LogP contribution in [0.4, 0.5) is 0 Å². The molecule has 9 nitrogen and oxygen atoms in total. The Hall–Kier alpha value is -4.53. The van der Waals surface area contributed by atoms with Gasteiger partial charge in [0.2, 0.25) is 0 Å². The van der Waals surface area contributed by atoms with Crippen LogP contribution in [0.25, 0.3) is 22.4 Å². The number of aromatic nitrogens is 4. The molecule has 2 aromatic heterocycles. The number of hydrogen-bond acceptors (Lipinski definition) is 5. The highest BCUT2D eigenvalue weighted by molar-refractivity contribution is 6.04. The second-order valence-electron chi connectivity index (χ2n) is 7.60. The van der Waals surface area contributed by atoms with E-state index in [-0.39, 0.29) is 18.5 Å². The van der Waals surface area contributed by atoms with Crippen molar-refractivity contribution in [2.75, 3.05) is 0 Å². The molecule has 0 bridgehead atoms. The van der Waals surface area contributed by atoms with Crippen LogP contribution in [0.15, 0.2) is 78.0 Å². The summed E-state index contributed by atoms with van der Waals surface area (Å²) in [6.45, 7) is 2.00. The highest BCUT2D eigenvalue weighted by Gasteiger charge is 2.28. The maximum Gasteiger partial charge on any atom is 0.326 e. The number of aliphatic carboxylic acids is 1. The summed E-state index contributed by atoms with van der Waals surface area (Å²) in [6.07, 6.45) is 2.90. The van der Waals surface area contributed by atoms with Gasteiger partial charge in [0, 0.05) is 36.0 Å². The molecule has 0 aliphatic carbocycles. The number of nitrogens with zero attached hydrogens (tertiary/aromatic N) is 3. The molecule has 4 rings (SSSR count). The molecule has 0 saturated heterocycles. The number of H-pyrrole nitrogens is 1. The highest BCUT2D eigenvalue weighted by Crippen LogP contribution is 2.32. The second kappa shape index (κ2) is 9.95. The Kier molecular flexibility index (Phi) is 6.63. The summed E-state index contributed by atoms with van der Waals surface area (Å²) in [5.41, 5.74) is 1.96. The lowest BCUT2D eigenvalue weighted by Gasteiger charge is -2.19. The van der Waals surface area contributed by atoms with Crippen LogP contribution in [0.2, 0.25) is 0 Å². The van der Waals surface area contributed by atoms with Gasteiger partial charge in [0.25, 0.3) is 11.5 Å². The zero-order valence-corrected chi connectivity index (χ0v) is 18.4. The Labute approximate surface area is 195 Å². The zero-order valence-electron chi connectivity index (χ0n) is 18.4. The van der Waals surface area contributed by atoms with Crippen molar-refractivity contribution < 1.29 is 14.7 Å². The number of carboxylic acid groups (broad SMARTS) is 1. The maximum atomic E-state index is 13.5. The standard InChI is InChI=1S/C25H23N5O4/c1-2-30-24(32)21(23(31)28-19(25(33)34)13-18-14-26-15-27-18)20(16-9-5-3-6-10-16)22(29-30)17-11-7-4-8-12-17/h3-12,14-15,19H,2,13H2,1H3,(H,26,27)(H,28,31)(H,33,34). The maximum absolute atomic E-state index is 13.5. The van der Waals surface area contributed by atoms with E-state index >= 15 is 0 Å². The Bertz CT molecular complexity index is 1350. The van der Waals surface area contributed by atoms with Crippen LogP contribution in [-0.4, -0.2) is 42.8 Å². The van der Waals surface area contributed by atoms with E-state index in [1.54, 1.807) is 31.2 Å². The average molecular weight is 457 g/mol. The smallest absolute Gasteiger partial charge is 0.326 e. The molecule has 0 aliphatic rings. The quantitative estimate of drug-likeness (QED) is 0.373. The van der Waals surface area contributed by atoms with Gasteiger partial charge in [-0.3, -0.25) is 9.59 Å². The van der Waals surface area contributed by atoms with Gasteiger partial charge in [-0.25, -0.2) is 14.5 Å². The van der Waals surface area contributed by atoms with E-state index in [4.69, 9.17) is 0 Å². The first-order valence-electron chi connectivity index (χ1n) is 10.8. The number of aromatic amines is 1. The lowest BCUT2D eigenvalue weighted by Crippen LogP contribution is -2.45. The minimum Gasteiger partial charge on any atom is -0.480 e. The fraction of sp³-hybridized carbons (Fsp3) is 0.160. The number of carboxylic acids is 1. The summed E-state index contributed by atoms with van der Waals surface area (Å²) < 4.78 is 1.22. The normalized spacial score (nSPS) is 11.7. The Morgan fingerprint density at radius 2 is 1.71 bits per heavy atom. The topological polar surface area (TPSA) is 130 Å². The molecule has 2 heterocycles. The molecule has 34 heavy (non-hydrogen) atoms. The number of hydrogen-bond donors (Lipinski definition) is 3. The summed E-state index contributed by atoms with van der Waals surface area (Å²) in [7, 11) is 0. The van der Waals surface area contributed by atoms with Gasteiger partial charge in [-0.1, -0.05) is 60.7 Å². The summed E-state index contributed by atoms with van der Waals surface area (Å²) in [5, 5.41) is 16.8. The van der Waals surface area contributed by atoms with Gasteiger partial charge in [-0.2, -0.15) is 5.10 Å². The lowest BCUT2D eigenvalue weighted by atomic mass is 9.95. The minimum absolute atomic E-state index is 0.0136. The van der Waals surface area contributed by atoms with E-state index in [1.165, 1.54) is 17.2 Å². The van der Waals surface area contributed by atoms with Crippen LogP contribution < -0.4 is 10.9 Å². The van der Waals surface area contributed by atoms with Crippen LogP contribution in [0.3, 0.4) is 0 Å². The molecular formula is C25H23N5O4. The third-order valence-electron chi connectivity index (χ3n) is 5.37. The van der Waals surface area contributed by atoms with Crippen molar-refractivity contribution in [3.63, 3.8) is 0 Å². The first kappa shape index (κ1) is 22.7. The number of carbonyl (C=O) groups is 2. The number of nitrogens with one attached hydrogen (secondary N) is 2. The van der Waals surface area contributed by atoms with Gasteiger partial charge in [-0.15, -0.1) is 0 Å². The molecule has 0 saturated carbocycles. The lowest BCUT2D eigenvalue weighted by molar-refractivity contribution is -0.139. The van der Waals surface area contributed by atoms with Gasteiger partial charge in [0.1, 0.15) is 11.6 Å². The zero-order chi connectivity index (χ0) is 24.1. The number of carbonyl (C=O) groups excluding carboxylic acids is 1. The van der Waals surface area contributed by atoms with Gasteiger partial charge in [0.05, 0.1) is 12.0 Å². The van der Waals surface area contributed by atoms with Gasteiger partial charge >= 0.3 is 5.97 Å². The molecule has 4 aromatic rings. The third-order valence-corrected chi connectivity index (χ3v) is 5.37. The summed E-state index contributed by atoms with van der Waals surface area (Å²) >= 11 is 0. The van der Waals surface area contributed by atoms with Crippen LogP contribution in [0.1, 0.15) is 23.0 Å². The predicted octanol–water partition coefficient (Wildman–Crippen LogP) is 2.75. The summed E-state index contributed by atoms with van der Waals surface area (Å²) in [5.74, 6) is -2.00. The van der Waals surface area contributed by atoms with Crippen LogP contribution in [0.5, 0.6) is 0 Å². The Balaban J connectivity index is 1.89. The molecular weight excluding hydrogens is 434 g/mol. The summed E-state index contributed by atoms with van der Waals surface area (Å²) in [6, 6.07) is 17.0. The first-order chi connectivity index (χ1) is 16.5. The Morgan fingerprint density at radius 3 is 2.26 bits per heavy atom. The van der Waals surface area contributed by atoms with E-state index in [0.717, 1.165) is 5.56 Å². The van der Waals surface area contributed by atoms with Crippen molar-refractivity contribution >= 4 is 11.9 Å². The number of amides is 1. The molecule has 0 aliphatic heterocycles. The SMILES string of the molecule is CCn1nc(-c2ccccc2)c(-c2ccccc2)c(C(=O)NC(Cc2cnc[nH]2)C(=O)O)c1=O. The van der Waals surface area contributed by atoms with Crippen LogP contribution in [0, 0.1) is 0 Å². The van der Waals surface area contributed by atoms with E-state index in [0.29, 0.717) is 22.5 Å². The fourth-order valence-electron chi connectivity index (χ4n) is 3.73. The molecule has 1 atom stereocenters. The first-order valence-corrected chi connectivity index (χ1v) is 10.8.